The van der Waals surface area contributed by atoms with Gasteiger partial charge in [-0.05, 0) is 35.1 Å². The number of tetrazole rings is 1. The van der Waals surface area contributed by atoms with Crippen molar-refractivity contribution in [2.24, 2.45) is 0 Å². The van der Waals surface area contributed by atoms with Crippen molar-refractivity contribution >= 4 is 11.6 Å². The van der Waals surface area contributed by atoms with Crippen LogP contribution in [0.4, 0.5) is 5.95 Å². The van der Waals surface area contributed by atoms with Crippen molar-refractivity contribution in [1.82, 2.24) is 20.2 Å². The highest BCUT2D eigenvalue weighted by molar-refractivity contribution is 5.77. The molecule has 0 radical (unpaired) electrons. The van der Waals surface area contributed by atoms with E-state index in [1.54, 1.807) is 18.9 Å². The Labute approximate surface area is 151 Å². The number of nitrogens with one attached hydrogen (secondary N) is 1. The highest BCUT2D eigenvalue weighted by Crippen LogP contribution is 2.40. The lowest BCUT2D eigenvalue weighted by atomic mass is 10.00. The minimum atomic E-state index is -0.220. The van der Waals surface area contributed by atoms with E-state index in [4.69, 9.17) is 9.47 Å². The van der Waals surface area contributed by atoms with Crippen molar-refractivity contribution in [2.75, 3.05) is 19.5 Å². The molecule has 1 aliphatic rings. The number of fused-ring (bicyclic) bond motifs is 1. The van der Waals surface area contributed by atoms with Crippen molar-refractivity contribution < 1.29 is 9.47 Å². The van der Waals surface area contributed by atoms with Gasteiger partial charge in [-0.1, -0.05) is 47.1 Å². The van der Waals surface area contributed by atoms with E-state index in [9.17, 15) is 0 Å². The van der Waals surface area contributed by atoms with Gasteiger partial charge in [-0.3, -0.25) is 0 Å². The number of benzene rings is 2. The minimum Gasteiger partial charge on any atom is -0.493 e. The third kappa shape index (κ3) is 2.67. The van der Waals surface area contributed by atoms with Crippen LogP contribution < -0.4 is 14.8 Å². The zero-order valence-electron chi connectivity index (χ0n) is 14.8. The molecule has 0 unspecified atom stereocenters. The maximum Gasteiger partial charge on any atom is 0.248 e. The van der Waals surface area contributed by atoms with Crippen LogP contribution in [0.1, 0.15) is 22.7 Å². The van der Waals surface area contributed by atoms with Crippen molar-refractivity contribution in [3.63, 3.8) is 0 Å². The first-order valence-corrected chi connectivity index (χ1v) is 8.26. The first-order chi connectivity index (χ1) is 12.7. The van der Waals surface area contributed by atoms with Crippen LogP contribution in [0.3, 0.4) is 0 Å². The van der Waals surface area contributed by atoms with Gasteiger partial charge in [-0.25, -0.2) is 0 Å². The van der Waals surface area contributed by atoms with Gasteiger partial charge in [0.1, 0.15) is 6.04 Å². The number of rotatable bonds is 4. The van der Waals surface area contributed by atoms with Crippen LogP contribution in [-0.2, 0) is 0 Å². The fourth-order valence-electron chi connectivity index (χ4n) is 3.12. The Morgan fingerprint density at radius 1 is 1.04 bits per heavy atom. The SMILES string of the molecule is COc1cccc([C@H]2C=C(c3ccc(C)cc3)Nc3nnnn32)c1OC. The Bertz CT molecular complexity index is 962. The summed E-state index contributed by atoms with van der Waals surface area (Å²) in [6, 6.07) is 13.9. The lowest BCUT2D eigenvalue weighted by Crippen LogP contribution is -2.20. The number of hydrogen-bond acceptors (Lipinski definition) is 6. The second-order valence-electron chi connectivity index (χ2n) is 6.05. The van der Waals surface area contributed by atoms with E-state index >= 15 is 0 Å². The van der Waals surface area contributed by atoms with Gasteiger partial charge in [-0.2, -0.15) is 4.68 Å². The number of methoxy groups -OCH3 is 2. The van der Waals surface area contributed by atoms with E-state index in [0.717, 1.165) is 16.8 Å². The van der Waals surface area contributed by atoms with E-state index in [-0.39, 0.29) is 6.04 Å². The van der Waals surface area contributed by atoms with E-state index in [1.165, 1.54) is 5.56 Å². The summed E-state index contributed by atoms with van der Waals surface area (Å²) in [5.41, 5.74) is 4.14. The summed E-state index contributed by atoms with van der Waals surface area (Å²) in [5.74, 6) is 1.92. The molecule has 1 N–H and O–H groups in total. The van der Waals surface area contributed by atoms with E-state index in [2.05, 4.69) is 58.1 Å². The van der Waals surface area contributed by atoms with Gasteiger partial charge in [0.15, 0.2) is 11.5 Å². The van der Waals surface area contributed by atoms with Crippen LogP contribution in [0.25, 0.3) is 5.70 Å². The molecular weight excluding hydrogens is 330 g/mol. The zero-order chi connectivity index (χ0) is 18.1. The Morgan fingerprint density at radius 3 is 2.58 bits per heavy atom. The van der Waals surface area contributed by atoms with Crippen molar-refractivity contribution in [2.45, 2.75) is 13.0 Å². The average Bonchev–Trinajstić information content (AvgIpc) is 3.15. The lowest BCUT2D eigenvalue weighted by Gasteiger charge is -2.25. The number of anilines is 1. The molecule has 2 aromatic carbocycles. The summed E-state index contributed by atoms with van der Waals surface area (Å²) in [6.07, 6.45) is 2.09. The number of allylic oxidation sites excluding steroid dienone is 1. The van der Waals surface area contributed by atoms with E-state index in [1.807, 2.05) is 18.2 Å². The monoisotopic (exact) mass is 349 g/mol. The van der Waals surface area contributed by atoms with Crippen LogP contribution in [0.15, 0.2) is 48.5 Å². The van der Waals surface area contributed by atoms with Crippen LogP contribution in [0, 0.1) is 6.92 Å². The second-order valence-corrected chi connectivity index (χ2v) is 6.05. The molecule has 2 heterocycles. The van der Waals surface area contributed by atoms with Gasteiger partial charge >= 0.3 is 0 Å². The quantitative estimate of drug-likeness (QED) is 0.780. The van der Waals surface area contributed by atoms with Crippen molar-refractivity contribution in [3.05, 3.63) is 65.2 Å². The van der Waals surface area contributed by atoms with Crippen molar-refractivity contribution in [1.29, 1.82) is 0 Å². The molecule has 0 bridgehead atoms. The van der Waals surface area contributed by atoms with Crippen molar-refractivity contribution in [3.8, 4) is 11.5 Å². The molecule has 26 heavy (non-hydrogen) atoms. The summed E-state index contributed by atoms with van der Waals surface area (Å²) in [7, 11) is 3.26. The summed E-state index contributed by atoms with van der Waals surface area (Å²) in [5, 5.41) is 15.4. The molecule has 0 amide bonds. The molecule has 4 rings (SSSR count). The van der Waals surface area contributed by atoms with Crippen LogP contribution in [0.5, 0.6) is 11.5 Å². The fourth-order valence-corrected chi connectivity index (χ4v) is 3.12. The number of aryl methyl sites for hydroxylation is 1. The topological polar surface area (TPSA) is 74.1 Å². The van der Waals surface area contributed by atoms with Crippen LogP contribution in [-0.4, -0.2) is 34.4 Å². The molecule has 132 valence electrons. The summed E-state index contributed by atoms with van der Waals surface area (Å²) >= 11 is 0. The summed E-state index contributed by atoms with van der Waals surface area (Å²) < 4.78 is 12.8. The predicted octanol–water partition coefficient (Wildman–Crippen LogP) is 3.05. The fraction of sp³-hybridized carbons (Fsp3) is 0.211. The Kier molecular flexibility index (Phi) is 4.04. The molecule has 1 aliphatic heterocycles. The predicted molar refractivity (Wildman–Crippen MR) is 98.3 cm³/mol. The van der Waals surface area contributed by atoms with Crippen LogP contribution in [0.2, 0.25) is 0 Å². The Morgan fingerprint density at radius 2 is 1.85 bits per heavy atom. The standard InChI is InChI=1S/C19H19N5O2/c1-12-7-9-13(10-8-12)15-11-16(24-19(20-15)21-22-23-24)14-5-4-6-17(25-2)18(14)26-3/h4-11,16H,1-3H3,(H,20,21,23)/t16-/m1/s1. The average molecular weight is 349 g/mol. The molecule has 0 saturated heterocycles. The molecule has 1 aromatic heterocycles. The normalized spacial score (nSPS) is 15.7. The molecule has 0 fully saturated rings. The summed E-state index contributed by atoms with van der Waals surface area (Å²) in [6.45, 7) is 2.07. The zero-order valence-corrected chi connectivity index (χ0v) is 14.8. The highest BCUT2D eigenvalue weighted by atomic mass is 16.5. The largest absolute Gasteiger partial charge is 0.493 e. The second kappa shape index (κ2) is 6.51. The van der Waals surface area contributed by atoms with Gasteiger partial charge in [-0.15, -0.1) is 0 Å². The first-order valence-electron chi connectivity index (χ1n) is 8.26. The molecule has 0 spiro atoms. The Balaban J connectivity index is 1.85. The van der Waals surface area contributed by atoms with Gasteiger partial charge in [0, 0.05) is 11.3 Å². The van der Waals surface area contributed by atoms with E-state index < -0.39 is 0 Å². The number of nitrogens with zero attached hydrogens (tertiary/aromatic N) is 4. The number of para-hydroxylation sites is 1. The molecule has 7 heteroatoms. The molecular formula is C19H19N5O2. The molecule has 3 aromatic rings. The van der Waals surface area contributed by atoms with Crippen LogP contribution >= 0.6 is 0 Å². The molecule has 7 nitrogen and oxygen atoms in total. The molecule has 1 atom stereocenters. The third-order valence-electron chi connectivity index (χ3n) is 4.44. The van der Waals surface area contributed by atoms with Gasteiger partial charge < -0.3 is 14.8 Å². The number of aromatic nitrogens is 4. The number of hydrogen-bond donors (Lipinski definition) is 1. The smallest absolute Gasteiger partial charge is 0.248 e. The Hall–Kier alpha value is -3.35. The number of ether oxygens (including phenoxy) is 2. The van der Waals surface area contributed by atoms with Gasteiger partial charge in [0.05, 0.1) is 14.2 Å². The highest BCUT2D eigenvalue weighted by Gasteiger charge is 2.27. The molecule has 0 aliphatic carbocycles. The minimum absolute atomic E-state index is 0.220. The molecule has 0 saturated carbocycles. The maximum absolute atomic E-state index is 5.61. The maximum atomic E-state index is 5.61. The third-order valence-corrected chi connectivity index (χ3v) is 4.44. The first kappa shape index (κ1) is 16.1. The lowest BCUT2D eigenvalue weighted by molar-refractivity contribution is 0.348. The van der Waals surface area contributed by atoms with E-state index in [0.29, 0.717) is 17.4 Å². The van der Waals surface area contributed by atoms with Gasteiger partial charge in [0.2, 0.25) is 5.95 Å². The van der Waals surface area contributed by atoms with Gasteiger partial charge in [0.25, 0.3) is 0 Å². The summed E-state index contributed by atoms with van der Waals surface area (Å²) in [4.78, 5) is 0.